The van der Waals surface area contributed by atoms with Gasteiger partial charge in [0, 0.05) is 6.42 Å². The first-order valence-corrected chi connectivity index (χ1v) is 7.85. The van der Waals surface area contributed by atoms with E-state index in [0.717, 1.165) is 32.1 Å². The molecular formula is C16H30O4. The molecule has 0 aliphatic carbocycles. The summed E-state index contributed by atoms with van der Waals surface area (Å²) in [6.45, 7) is 6.42. The second kappa shape index (κ2) is 9.78. The Bertz CT molecular complexity index is 295. The Hall–Kier alpha value is -1.06. The van der Waals surface area contributed by atoms with Crippen molar-refractivity contribution >= 4 is 11.9 Å². The minimum absolute atomic E-state index is 0.0595. The highest BCUT2D eigenvalue weighted by atomic mass is 16.4. The molecule has 4 heteroatoms. The monoisotopic (exact) mass is 286 g/mol. The van der Waals surface area contributed by atoms with Gasteiger partial charge < -0.3 is 10.2 Å². The van der Waals surface area contributed by atoms with Crippen molar-refractivity contribution in [2.45, 2.75) is 78.6 Å². The van der Waals surface area contributed by atoms with Crippen LogP contribution in [0.15, 0.2) is 0 Å². The van der Waals surface area contributed by atoms with Crippen LogP contribution < -0.4 is 0 Å². The van der Waals surface area contributed by atoms with E-state index in [9.17, 15) is 14.7 Å². The summed E-state index contributed by atoms with van der Waals surface area (Å²) in [6.07, 6.45) is 6.96. The predicted molar refractivity (Wildman–Crippen MR) is 79.8 cm³/mol. The zero-order chi connectivity index (χ0) is 15.6. The van der Waals surface area contributed by atoms with E-state index in [1.807, 2.05) is 0 Å². The maximum atomic E-state index is 11.4. The lowest BCUT2D eigenvalue weighted by Crippen LogP contribution is -2.27. The smallest absolute Gasteiger partial charge is 0.306 e. The first kappa shape index (κ1) is 18.9. The molecule has 1 atom stereocenters. The number of carbonyl (C=O) groups is 2. The Kier molecular flexibility index (Phi) is 9.26. The van der Waals surface area contributed by atoms with Crippen LogP contribution in [-0.2, 0) is 9.59 Å². The number of hydrogen-bond acceptors (Lipinski definition) is 2. The van der Waals surface area contributed by atoms with Gasteiger partial charge in [-0.05, 0) is 31.1 Å². The summed E-state index contributed by atoms with van der Waals surface area (Å²) in [5, 5.41) is 18.0. The lowest BCUT2D eigenvalue weighted by Gasteiger charge is -2.34. The van der Waals surface area contributed by atoms with Crippen molar-refractivity contribution in [2.75, 3.05) is 0 Å². The third-order valence-electron chi connectivity index (χ3n) is 4.53. The summed E-state index contributed by atoms with van der Waals surface area (Å²) in [5.74, 6) is -2.04. The quantitative estimate of drug-likeness (QED) is 0.560. The van der Waals surface area contributed by atoms with E-state index in [1.165, 1.54) is 0 Å². The molecule has 0 amide bonds. The lowest BCUT2D eigenvalue weighted by molar-refractivity contribution is -0.144. The Morgan fingerprint density at radius 3 is 2.05 bits per heavy atom. The second-order valence-corrected chi connectivity index (χ2v) is 5.84. The maximum Gasteiger partial charge on any atom is 0.306 e. The largest absolute Gasteiger partial charge is 0.481 e. The maximum absolute atomic E-state index is 11.4. The lowest BCUT2D eigenvalue weighted by atomic mass is 9.71. The summed E-state index contributed by atoms with van der Waals surface area (Å²) in [6, 6.07) is 0. The minimum Gasteiger partial charge on any atom is -0.481 e. The fraction of sp³-hybridized carbons (Fsp3) is 0.875. The average molecular weight is 286 g/mol. The van der Waals surface area contributed by atoms with Crippen LogP contribution in [0.5, 0.6) is 0 Å². The van der Waals surface area contributed by atoms with Gasteiger partial charge in [-0.15, -0.1) is 0 Å². The van der Waals surface area contributed by atoms with Gasteiger partial charge in [0.15, 0.2) is 0 Å². The number of hydrogen-bond donors (Lipinski definition) is 2. The molecular weight excluding hydrogens is 256 g/mol. The van der Waals surface area contributed by atoms with Crippen molar-refractivity contribution in [1.29, 1.82) is 0 Å². The molecule has 4 nitrogen and oxygen atoms in total. The predicted octanol–water partition coefficient (Wildman–Crippen LogP) is 4.33. The molecule has 118 valence electrons. The fourth-order valence-corrected chi connectivity index (χ4v) is 2.88. The normalized spacial score (nSPS) is 13.2. The Morgan fingerprint density at radius 2 is 1.65 bits per heavy atom. The average Bonchev–Trinajstić information content (AvgIpc) is 2.41. The van der Waals surface area contributed by atoms with Gasteiger partial charge >= 0.3 is 11.9 Å². The summed E-state index contributed by atoms with van der Waals surface area (Å²) >= 11 is 0. The summed E-state index contributed by atoms with van der Waals surface area (Å²) < 4.78 is 0. The first-order valence-electron chi connectivity index (χ1n) is 7.85. The zero-order valence-electron chi connectivity index (χ0n) is 13.2. The molecule has 0 bridgehead atoms. The molecule has 0 rings (SSSR count). The van der Waals surface area contributed by atoms with Crippen LogP contribution in [0.25, 0.3) is 0 Å². The molecule has 2 N–H and O–H groups in total. The molecule has 0 fully saturated rings. The Morgan fingerprint density at radius 1 is 1.05 bits per heavy atom. The molecule has 0 aliphatic rings. The first-order chi connectivity index (χ1) is 9.40. The summed E-state index contributed by atoms with van der Waals surface area (Å²) in [7, 11) is 0. The van der Waals surface area contributed by atoms with Gasteiger partial charge in [0.2, 0.25) is 0 Å². The molecule has 0 aliphatic heterocycles. The van der Waals surface area contributed by atoms with Crippen molar-refractivity contribution in [1.82, 2.24) is 0 Å². The van der Waals surface area contributed by atoms with E-state index in [1.54, 1.807) is 0 Å². The number of unbranched alkanes of at least 4 members (excludes halogenated alkanes) is 1. The summed E-state index contributed by atoms with van der Waals surface area (Å²) in [5.41, 5.74) is 0.0995. The molecule has 0 aromatic carbocycles. The van der Waals surface area contributed by atoms with Gasteiger partial charge in [0.05, 0.1) is 5.92 Å². The van der Waals surface area contributed by atoms with Gasteiger partial charge in [-0.25, -0.2) is 0 Å². The molecule has 0 spiro atoms. The highest BCUT2D eigenvalue weighted by molar-refractivity contribution is 5.70. The molecule has 0 radical (unpaired) electrons. The fourth-order valence-electron chi connectivity index (χ4n) is 2.88. The molecule has 0 saturated heterocycles. The van der Waals surface area contributed by atoms with Crippen molar-refractivity contribution in [3.8, 4) is 0 Å². The van der Waals surface area contributed by atoms with Gasteiger partial charge in [-0.1, -0.05) is 46.5 Å². The van der Waals surface area contributed by atoms with Crippen LogP contribution in [0.4, 0.5) is 0 Å². The van der Waals surface area contributed by atoms with Gasteiger partial charge in [0.1, 0.15) is 0 Å². The van der Waals surface area contributed by atoms with Crippen LogP contribution in [0, 0.1) is 11.3 Å². The van der Waals surface area contributed by atoms with E-state index in [2.05, 4.69) is 20.8 Å². The van der Waals surface area contributed by atoms with Crippen molar-refractivity contribution in [3.63, 3.8) is 0 Å². The third-order valence-corrected chi connectivity index (χ3v) is 4.53. The van der Waals surface area contributed by atoms with Crippen molar-refractivity contribution < 1.29 is 19.8 Å². The number of carboxylic acid groups (broad SMARTS) is 2. The molecule has 20 heavy (non-hydrogen) atoms. The zero-order valence-corrected chi connectivity index (χ0v) is 13.2. The van der Waals surface area contributed by atoms with Crippen molar-refractivity contribution in [3.05, 3.63) is 0 Å². The SMILES string of the molecule is CCCCC(CC)(CC)CC(CCCC(=O)O)C(=O)O. The van der Waals surface area contributed by atoms with Crippen LogP contribution in [0.3, 0.4) is 0 Å². The third kappa shape index (κ3) is 6.92. The second-order valence-electron chi connectivity index (χ2n) is 5.84. The van der Waals surface area contributed by atoms with Gasteiger partial charge in [-0.2, -0.15) is 0 Å². The van der Waals surface area contributed by atoms with E-state index in [-0.39, 0.29) is 11.8 Å². The molecule has 1 unspecified atom stereocenters. The van der Waals surface area contributed by atoms with E-state index >= 15 is 0 Å². The Labute approximate surface area is 122 Å². The topological polar surface area (TPSA) is 74.6 Å². The number of rotatable bonds is 12. The van der Waals surface area contributed by atoms with Crippen LogP contribution in [0.1, 0.15) is 78.6 Å². The highest BCUT2D eigenvalue weighted by Crippen LogP contribution is 2.40. The minimum atomic E-state index is -0.850. The van der Waals surface area contributed by atoms with E-state index in [4.69, 9.17) is 5.11 Å². The molecule has 0 heterocycles. The van der Waals surface area contributed by atoms with E-state index in [0.29, 0.717) is 19.3 Å². The molecule has 0 aromatic heterocycles. The Balaban J connectivity index is 4.64. The van der Waals surface area contributed by atoms with E-state index < -0.39 is 17.9 Å². The standard InChI is InChI=1S/C16H30O4/c1-4-7-11-16(5-2,6-3)12-13(15(19)20)9-8-10-14(17)18/h13H,4-12H2,1-3H3,(H,17,18)(H,19,20). The van der Waals surface area contributed by atoms with Gasteiger partial charge in [-0.3, -0.25) is 9.59 Å². The van der Waals surface area contributed by atoms with Crippen LogP contribution in [0.2, 0.25) is 0 Å². The number of carboxylic acids is 2. The van der Waals surface area contributed by atoms with Gasteiger partial charge in [0.25, 0.3) is 0 Å². The highest BCUT2D eigenvalue weighted by Gasteiger charge is 2.32. The van der Waals surface area contributed by atoms with Crippen LogP contribution >= 0.6 is 0 Å². The van der Waals surface area contributed by atoms with Crippen LogP contribution in [-0.4, -0.2) is 22.2 Å². The summed E-state index contributed by atoms with van der Waals surface area (Å²) in [4.78, 5) is 22.0. The number of aliphatic carboxylic acids is 2. The molecule has 0 saturated carbocycles. The molecule has 0 aromatic rings. The van der Waals surface area contributed by atoms with Crippen molar-refractivity contribution in [2.24, 2.45) is 11.3 Å².